The third-order valence-corrected chi connectivity index (χ3v) is 5.54. The molecule has 1 aromatic rings. The predicted molar refractivity (Wildman–Crippen MR) is 81.1 cm³/mol. The summed E-state index contributed by atoms with van der Waals surface area (Å²) in [4.78, 5) is 13.9. The summed E-state index contributed by atoms with van der Waals surface area (Å²) in [6.45, 7) is 1.35. The van der Waals surface area contributed by atoms with Gasteiger partial charge in [-0.25, -0.2) is 4.39 Å². The van der Waals surface area contributed by atoms with Crippen LogP contribution < -0.4 is 0 Å². The summed E-state index contributed by atoms with van der Waals surface area (Å²) in [5.41, 5.74) is 0.281. The number of carbonyl (C=O) groups is 1. The van der Waals surface area contributed by atoms with Gasteiger partial charge in [0.05, 0.1) is 0 Å². The zero-order chi connectivity index (χ0) is 16.3. The first-order valence-electron chi connectivity index (χ1n) is 7.05. The van der Waals surface area contributed by atoms with Crippen molar-refractivity contribution >= 4 is 16.1 Å². The maximum atomic E-state index is 13.2. The second-order valence-electron chi connectivity index (χ2n) is 5.35. The lowest BCUT2D eigenvalue weighted by atomic mass is 10.2. The second kappa shape index (κ2) is 6.72. The molecule has 1 aliphatic rings. The first-order chi connectivity index (χ1) is 10.3. The Hall–Kier alpha value is -1.51. The molecule has 122 valence electrons. The summed E-state index contributed by atoms with van der Waals surface area (Å²) in [5, 5.41) is 0. The van der Waals surface area contributed by atoms with E-state index in [1.807, 2.05) is 0 Å². The lowest BCUT2D eigenvalue weighted by molar-refractivity contribution is 0.0763. The van der Waals surface area contributed by atoms with E-state index in [4.69, 9.17) is 0 Å². The monoisotopic (exact) mass is 329 g/mol. The third-order valence-electron chi connectivity index (χ3n) is 3.60. The van der Waals surface area contributed by atoms with Crippen LogP contribution in [0.25, 0.3) is 0 Å². The molecule has 0 bridgehead atoms. The van der Waals surface area contributed by atoms with E-state index in [1.54, 1.807) is 11.0 Å². The fraction of sp³-hybridized carbons (Fsp3) is 0.500. The highest BCUT2D eigenvalue weighted by Crippen LogP contribution is 2.13. The molecule has 22 heavy (non-hydrogen) atoms. The van der Waals surface area contributed by atoms with Gasteiger partial charge in [0, 0.05) is 45.8 Å². The molecule has 6 nitrogen and oxygen atoms in total. The maximum Gasteiger partial charge on any atom is 0.281 e. The average molecular weight is 329 g/mol. The van der Waals surface area contributed by atoms with E-state index in [1.165, 1.54) is 36.6 Å². The Kier molecular flexibility index (Phi) is 5.15. The Morgan fingerprint density at radius 2 is 1.91 bits per heavy atom. The van der Waals surface area contributed by atoms with Gasteiger partial charge in [-0.15, -0.1) is 0 Å². The Bertz CT molecular complexity index is 648. The van der Waals surface area contributed by atoms with Crippen LogP contribution in [-0.2, 0) is 10.2 Å². The number of halogens is 1. The zero-order valence-corrected chi connectivity index (χ0v) is 13.5. The van der Waals surface area contributed by atoms with Crippen LogP contribution in [0.5, 0.6) is 0 Å². The quantitative estimate of drug-likeness (QED) is 0.823. The molecule has 0 spiro atoms. The molecule has 0 radical (unpaired) electrons. The van der Waals surface area contributed by atoms with E-state index < -0.39 is 16.0 Å². The van der Waals surface area contributed by atoms with E-state index in [-0.39, 0.29) is 18.0 Å². The number of amides is 1. The van der Waals surface area contributed by atoms with Gasteiger partial charge in [0.1, 0.15) is 5.82 Å². The van der Waals surface area contributed by atoms with Gasteiger partial charge in [-0.3, -0.25) is 4.79 Å². The van der Waals surface area contributed by atoms with Crippen LogP contribution in [0.1, 0.15) is 16.8 Å². The summed E-state index contributed by atoms with van der Waals surface area (Å²) < 4.78 is 40.0. The van der Waals surface area contributed by atoms with Crippen LogP contribution >= 0.6 is 0 Å². The fourth-order valence-corrected chi connectivity index (χ4v) is 3.50. The lowest BCUT2D eigenvalue weighted by Gasteiger charge is -2.24. The molecule has 0 unspecified atom stereocenters. The highest BCUT2D eigenvalue weighted by atomic mass is 32.2. The van der Waals surface area contributed by atoms with Crippen molar-refractivity contribution < 1.29 is 17.6 Å². The molecule has 1 saturated heterocycles. The van der Waals surface area contributed by atoms with Gasteiger partial charge < -0.3 is 4.90 Å². The highest BCUT2D eigenvalue weighted by Gasteiger charge is 2.28. The van der Waals surface area contributed by atoms with Crippen LogP contribution in [0, 0.1) is 5.82 Å². The van der Waals surface area contributed by atoms with E-state index in [9.17, 15) is 17.6 Å². The van der Waals surface area contributed by atoms with Gasteiger partial charge in [0.2, 0.25) is 0 Å². The van der Waals surface area contributed by atoms with E-state index in [0.717, 1.165) is 4.31 Å². The normalized spacial score (nSPS) is 17.5. The summed E-state index contributed by atoms with van der Waals surface area (Å²) in [7, 11) is -0.511. The first-order valence-corrected chi connectivity index (χ1v) is 8.44. The van der Waals surface area contributed by atoms with Crippen molar-refractivity contribution in [2.24, 2.45) is 0 Å². The second-order valence-corrected chi connectivity index (χ2v) is 7.49. The molecule has 2 rings (SSSR count). The van der Waals surface area contributed by atoms with Crippen molar-refractivity contribution in [3.05, 3.63) is 35.6 Å². The molecule has 0 N–H and O–H groups in total. The molecule has 1 heterocycles. The molecule has 0 aromatic heterocycles. The largest absolute Gasteiger partial charge is 0.337 e. The van der Waals surface area contributed by atoms with Gasteiger partial charge in [-0.05, 0) is 24.6 Å². The van der Waals surface area contributed by atoms with Crippen molar-refractivity contribution in [3.63, 3.8) is 0 Å². The molecule has 1 fully saturated rings. The van der Waals surface area contributed by atoms with Gasteiger partial charge in [0.25, 0.3) is 16.1 Å². The number of carbonyl (C=O) groups excluding carboxylic acids is 1. The summed E-state index contributed by atoms with van der Waals surface area (Å²) >= 11 is 0. The number of hydrogen-bond donors (Lipinski definition) is 0. The fourth-order valence-electron chi connectivity index (χ4n) is 2.36. The predicted octanol–water partition coefficient (Wildman–Crippen LogP) is 0.780. The Balaban J connectivity index is 2.09. The van der Waals surface area contributed by atoms with Crippen LogP contribution in [0.2, 0.25) is 0 Å². The minimum absolute atomic E-state index is 0.238. The molecule has 0 saturated carbocycles. The van der Waals surface area contributed by atoms with Crippen molar-refractivity contribution in [2.45, 2.75) is 6.42 Å². The maximum absolute atomic E-state index is 13.2. The number of nitrogens with zero attached hydrogens (tertiary/aromatic N) is 3. The molecular weight excluding hydrogens is 309 g/mol. The lowest BCUT2D eigenvalue weighted by Crippen LogP contribution is -2.42. The van der Waals surface area contributed by atoms with E-state index in [0.29, 0.717) is 26.1 Å². The van der Waals surface area contributed by atoms with Crippen LogP contribution in [0.4, 0.5) is 4.39 Å². The molecule has 1 aromatic carbocycles. The Morgan fingerprint density at radius 1 is 1.18 bits per heavy atom. The smallest absolute Gasteiger partial charge is 0.281 e. The van der Waals surface area contributed by atoms with Gasteiger partial charge in [-0.1, -0.05) is 6.07 Å². The Morgan fingerprint density at radius 3 is 2.55 bits per heavy atom. The van der Waals surface area contributed by atoms with Crippen LogP contribution in [0.3, 0.4) is 0 Å². The van der Waals surface area contributed by atoms with Gasteiger partial charge in [-0.2, -0.15) is 17.0 Å². The average Bonchev–Trinajstić information content (AvgIpc) is 2.72. The summed E-state index contributed by atoms with van der Waals surface area (Å²) in [6, 6.07) is 5.53. The van der Waals surface area contributed by atoms with E-state index in [2.05, 4.69) is 0 Å². The highest BCUT2D eigenvalue weighted by molar-refractivity contribution is 7.86. The standard InChI is InChI=1S/C14H20FN3O3S/c1-16(2)22(20,21)18-8-4-7-17(9-10-18)14(19)12-5-3-6-13(15)11-12/h3,5-6,11H,4,7-10H2,1-2H3. The van der Waals surface area contributed by atoms with Crippen molar-refractivity contribution in [1.82, 2.24) is 13.5 Å². The first kappa shape index (κ1) is 16.9. The summed E-state index contributed by atoms with van der Waals surface area (Å²) in [6.07, 6.45) is 0.550. The van der Waals surface area contributed by atoms with Crippen molar-refractivity contribution in [1.29, 1.82) is 0 Å². The zero-order valence-electron chi connectivity index (χ0n) is 12.7. The van der Waals surface area contributed by atoms with Gasteiger partial charge >= 0.3 is 0 Å². The number of benzene rings is 1. The molecule has 8 heteroatoms. The van der Waals surface area contributed by atoms with E-state index >= 15 is 0 Å². The molecule has 1 aliphatic heterocycles. The number of hydrogen-bond acceptors (Lipinski definition) is 3. The van der Waals surface area contributed by atoms with Crippen LogP contribution in [0.15, 0.2) is 24.3 Å². The third kappa shape index (κ3) is 3.63. The molecule has 1 amide bonds. The minimum Gasteiger partial charge on any atom is -0.337 e. The van der Waals surface area contributed by atoms with Crippen LogP contribution in [-0.4, -0.2) is 68.1 Å². The SMILES string of the molecule is CN(C)S(=O)(=O)N1CCCN(C(=O)c2cccc(F)c2)CC1. The number of rotatable bonds is 3. The Labute approximate surface area is 130 Å². The topological polar surface area (TPSA) is 60.9 Å². The minimum atomic E-state index is -3.48. The van der Waals surface area contributed by atoms with Gasteiger partial charge in [0.15, 0.2) is 0 Å². The summed E-state index contributed by atoms with van der Waals surface area (Å²) in [5.74, 6) is -0.735. The molecule has 0 aliphatic carbocycles. The van der Waals surface area contributed by atoms with Crippen molar-refractivity contribution in [2.75, 3.05) is 40.3 Å². The van der Waals surface area contributed by atoms with Crippen molar-refractivity contribution in [3.8, 4) is 0 Å². The molecular formula is C14H20FN3O3S. The molecule has 0 atom stereocenters.